The lowest BCUT2D eigenvalue weighted by molar-refractivity contribution is -0.644. The summed E-state index contributed by atoms with van der Waals surface area (Å²) in [7, 11) is 3.84. The highest BCUT2D eigenvalue weighted by Crippen LogP contribution is 2.35. The molecule has 0 saturated heterocycles. The third-order valence-electron chi connectivity index (χ3n) is 8.53. The second-order valence-corrected chi connectivity index (χ2v) is 12.1. The van der Waals surface area contributed by atoms with E-state index in [0.717, 1.165) is 32.6 Å². The maximum Gasteiger partial charge on any atom is 0.212 e. The molecule has 8 N–H and O–H groups in total. The third kappa shape index (κ3) is 6.32. The Morgan fingerprint density at radius 3 is 1.48 bits per heavy atom. The molecule has 0 unspecified atom stereocenters. The first-order valence-corrected chi connectivity index (χ1v) is 16.5. The van der Waals surface area contributed by atoms with Gasteiger partial charge in [-0.25, -0.2) is 19.1 Å². The number of benzene rings is 3. The number of nitrogens with zero attached hydrogens (tertiary/aromatic N) is 6. The number of carbonyl (C=O) groups is 2. The van der Waals surface area contributed by atoms with Crippen molar-refractivity contribution in [3.63, 3.8) is 0 Å². The van der Waals surface area contributed by atoms with Crippen LogP contribution in [0.3, 0.4) is 0 Å². The minimum atomic E-state index is -0.501. The van der Waals surface area contributed by atoms with E-state index in [-0.39, 0.29) is 11.4 Å². The minimum Gasteiger partial charge on any atom is -0.616 e. The average molecular weight is 667 g/mol. The van der Waals surface area contributed by atoms with Gasteiger partial charge in [-0.3, -0.25) is 0 Å². The van der Waals surface area contributed by atoms with Crippen LogP contribution in [0.2, 0.25) is 0 Å². The first kappa shape index (κ1) is 32.3. The number of amides is 2. The zero-order valence-electron chi connectivity index (χ0n) is 28.0. The molecule has 4 aromatic heterocycles. The Kier molecular flexibility index (Phi) is 8.86. The molecular weight excluding hydrogens is 628 g/mol. The van der Waals surface area contributed by atoms with E-state index in [9.17, 15) is 9.59 Å². The van der Waals surface area contributed by atoms with Crippen LogP contribution in [-0.4, -0.2) is 48.0 Å². The van der Waals surface area contributed by atoms with Crippen LogP contribution in [0.25, 0.3) is 54.2 Å². The summed E-state index contributed by atoms with van der Waals surface area (Å²) in [5, 5.41) is 19.1. The monoisotopic (exact) mass is 666 g/mol. The summed E-state index contributed by atoms with van der Waals surface area (Å²) in [6, 6.07) is 26.9. The van der Waals surface area contributed by atoms with Crippen LogP contribution in [0.4, 0.5) is 22.7 Å². The average Bonchev–Trinajstić information content (AvgIpc) is 3.12. The molecular formula is C38H38N10O2+2. The molecule has 50 heavy (non-hydrogen) atoms. The predicted molar refractivity (Wildman–Crippen MR) is 194 cm³/mol. The van der Waals surface area contributed by atoms with E-state index in [4.69, 9.17) is 9.97 Å². The van der Waals surface area contributed by atoms with Crippen molar-refractivity contribution in [1.29, 1.82) is 0 Å². The summed E-state index contributed by atoms with van der Waals surface area (Å²) in [5.74, 6) is -1.00. The van der Waals surface area contributed by atoms with Gasteiger partial charge in [0.2, 0.25) is 11.0 Å². The summed E-state index contributed by atoms with van der Waals surface area (Å²) >= 11 is 0. The lowest BCUT2D eigenvalue weighted by Crippen LogP contribution is -2.53. The van der Waals surface area contributed by atoms with Crippen LogP contribution in [0, 0.1) is 0 Å². The van der Waals surface area contributed by atoms with Crippen LogP contribution < -0.4 is 31.2 Å². The third-order valence-corrected chi connectivity index (χ3v) is 8.53. The standard InChI is InChI=1S/C38H36N10O2/c1-47-21-25(17-23-7-3-5-9-33(23)47)43-37(49)31-19-29(41-15-13-39)27-11-12-28-30(42-16-14-40)20-32(46-36(28)35(27)45-31)38(50)44-26-18-24-8-4-6-10-34(24)48(2)22-26/h3-12,17-22H,13-16,39-40H2,1-2H3,(H2-2,41,42,43,44,45,46,49,50)/p+2. The van der Waals surface area contributed by atoms with E-state index in [1.165, 1.54) is 0 Å². The van der Waals surface area contributed by atoms with Crippen LogP contribution >= 0.6 is 0 Å². The molecule has 4 heterocycles. The summed E-state index contributed by atoms with van der Waals surface area (Å²) in [6.07, 6.45) is 3.63. The number of quaternary nitrogens is 2. The number of nitrogens with one attached hydrogen (secondary N) is 2. The normalized spacial score (nSPS) is 11.3. The lowest BCUT2D eigenvalue weighted by Gasteiger charge is -2.21. The first-order chi connectivity index (χ1) is 24.3. The number of anilines is 2. The summed E-state index contributed by atoms with van der Waals surface area (Å²) in [5.41, 5.74) is 13.6. The summed E-state index contributed by atoms with van der Waals surface area (Å²) in [6.45, 7) is 2.41. The molecule has 0 atom stereocenters. The number of aryl methyl sites for hydroxylation is 2. The van der Waals surface area contributed by atoms with E-state index in [1.54, 1.807) is 12.1 Å². The van der Waals surface area contributed by atoms with Gasteiger partial charge in [0.1, 0.15) is 25.9 Å². The van der Waals surface area contributed by atoms with Crippen LogP contribution in [0.5, 0.6) is 0 Å². The van der Waals surface area contributed by atoms with Gasteiger partial charge in [0, 0.05) is 45.1 Å². The van der Waals surface area contributed by atoms with E-state index in [1.807, 2.05) is 108 Å². The van der Waals surface area contributed by atoms with Gasteiger partial charge in [-0.15, -0.1) is 0 Å². The number of hydrogen-bond acceptors (Lipinski definition) is 6. The number of rotatable bonds is 10. The Bertz CT molecular complexity index is 2280. The van der Waals surface area contributed by atoms with Crippen molar-refractivity contribution in [2.75, 3.05) is 36.8 Å². The summed E-state index contributed by atoms with van der Waals surface area (Å²) < 4.78 is 3.88. The Morgan fingerprint density at radius 1 is 0.640 bits per heavy atom. The van der Waals surface area contributed by atoms with Gasteiger partial charge in [-0.1, -0.05) is 47.8 Å². The van der Waals surface area contributed by atoms with E-state index in [0.29, 0.717) is 60.0 Å². The number of carbonyl (C=O) groups excluding carboxylic acids is 2. The van der Waals surface area contributed by atoms with Gasteiger partial charge in [-0.2, -0.15) is 0 Å². The van der Waals surface area contributed by atoms with Crippen molar-refractivity contribution in [2.45, 2.75) is 0 Å². The van der Waals surface area contributed by atoms with Crippen molar-refractivity contribution >= 4 is 78.2 Å². The van der Waals surface area contributed by atoms with Gasteiger partial charge in [0.15, 0.2) is 12.4 Å². The highest BCUT2D eigenvalue weighted by atomic mass is 16.2. The molecule has 7 aromatic rings. The van der Waals surface area contributed by atoms with Gasteiger partial charge < -0.3 is 42.3 Å². The molecule has 0 spiro atoms. The van der Waals surface area contributed by atoms with Crippen molar-refractivity contribution in [1.82, 2.24) is 9.97 Å². The molecule has 12 heteroatoms. The summed E-state index contributed by atoms with van der Waals surface area (Å²) in [4.78, 5) is 37.3. The molecule has 7 rings (SSSR count). The fraction of sp³-hybridized carbons (Fsp3) is 0.158. The Balaban J connectivity index is 1.33. The van der Waals surface area contributed by atoms with Gasteiger partial charge in [0.05, 0.1) is 48.6 Å². The molecule has 0 aliphatic rings. The predicted octanol–water partition coefficient (Wildman–Crippen LogP) is 3.74. The van der Waals surface area contributed by atoms with Crippen molar-refractivity contribution in [3.8, 4) is 0 Å². The first-order valence-electron chi connectivity index (χ1n) is 16.5. The molecule has 3 aromatic carbocycles. The number of hydrogen-bond donors (Lipinski definition) is 4. The zero-order valence-corrected chi connectivity index (χ0v) is 28.0. The smallest absolute Gasteiger partial charge is 0.212 e. The van der Waals surface area contributed by atoms with Crippen molar-refractivity contribution in [2.24, 2.45) is 14.1 Å². The number of aromatic nitrogens is 4. The van der Waals surface area contributed by atoms with Gasteiger partial charge in [-0.05, 0) is 36.4 Å². The van der Waals surface area contributed by atoms with E-state index < -0.39 is 11.8 Å². The molecule has 250 valence electrons. The number of pyridine rings is 4. The Labute approximate surface area is 288 Å². The quantitative estimate of drug-likeness (QED) is 0.128. The SMILES string of the molecule is C[n+]1cc([N-]C(=O)c2cc(NCC[NH3+])c3ccc4c(NCC[NH3+])cc(C(=O)[N-]c5cc6ccccc6[n+](C)c5)nc4c3n2)cc2ccccc21. The van der Waals surface area contributed by atoms with Crippen molar-refractivity contribution < 1.29 is 30.2 Å². The maximum atomic E-state index is 13.8. The van der Waals surface area contributed by atoms with E-state index >= 15 is 0 Å². The largest absolute Gasteiger partial charge is 0.616 e. The molecule has 0 bridgehead atoms. The Morgan fingerprint density at radius 2 is 1.06 bits per heavy atom. The molecule has 0 aliphatic heterocycles. The fourth-order valence-electron chi connectivity index (χ4n) is 6.19. The minimum absolute atomic E-state index is 0.145. The number of fused-ring (bicyclic) bond motifs is 5. The molecule has 12 nitrogen and oxygen atoms in total. The molecule has 0 aliphatic carbocycles. The fourth-order valence-corrected chi connectivity index (χ4v) is 6.19. The van der Waals surface area contributed by atoms with Crippen LogP contribution in [0.1, 0.15) is 21.0 Å². The zero-order chi connectivity index (χ0) is 34.8. The Hall–Kier alpha value is -6.24. The highest BCUT2D eigenvalue weighted by Gasteiger charge is 2.17. The highest BCUT2D eigenvalue weighted by molar-refractivity contribution is 6.17. The number of para-hydroxylation sites is 2. The molecule has 0 saturated carbocycles. The van der Waals surface area contributed by atoms with Crippen molar-refractivity contribution in [3.05, 3.63) is 119 Å². The second kappa shape index (κ2) is 13.7. The maximum absolute atomic E-state index is 13.8. The topological polar surface area (TPSA) is 175 Å². The van der Waals surface area contributed by atoms with E-state index in [2.05, 4.69) is 32.7 Å². The van der Waals surface area contributed by atoms with Crippen LogP contribution in [-0.2, 0) is 14.1 Å². The molecule has 0 fully saturated rings. The second-order valence-electron chi connectivity index (χ2n) is 12.1. The molecule has 0 radical (unpaired) electrons. The van der Waals surface area contributed by atoms with Crippen LogP contribution in [0.15, 0.2) is 97.3 Å². The molecule has 2 amide bonds. The van der Waals surface area contributed by atoms with Gasteiger partial charge in [0.25, 0.3) is 0 Å². The lowest BCUT2D eigenvalue weighted by atomic mass is 10.1. The van der Waals surface area contributed by atoms with Gasteiger partial charge >= 0.3 is 0 Å².